The first-order valence-electron chi connectivity index (χ1n) is 8.49. The van der Waals surface area contributed by atoms with Crippen molar-refractivity contribution in [1.29, 1.82) is 0 Å². The molecule has 0 aliphatic carbocycles. The number of pyridine rings is 1. The second kappa shape index (κ2) is 8.19. The number of carbonyl (C=O) groups is 2. The molecular weight excluding hydrogens is 354 g/mol. The van der Waals surface area contributed by atoms with Gasteiger partial charge in [0.15, 0.2) is 0 Å². The van der Waals surface area contributed by atoms with Crippen LogP contribution in [0, 0.1) is 5.92 Å². The number of rotatable bonds is 4. The molecule has 2 heterocycles. The maximum atomic E-state index is 12.7. The van der Waals surface area contributed by atoms with Crippen LogP contribution in [0.1, 0.15) is 30.1 Å². The molecule has 0 radical (unpaired) electrons. The number of amides is 2. The van der Waals surface area contributed by atoms with Gasteiger partial charge in [0.1, 0.15) is 0 Å². The Morgan fingerprint density at radius 3 is 2.58 bits per heavy atom. The molecule has 1 aliphatic rings. The SMILES string of the molecule is O=C(O)C1CCN(C(=O)NC(c2cccc(Cl)c2)c2ccccn2)CC1. The third kappa shape index (κ3) is 4.32. The number of aliphatic carboxylic acids is 1. The Bertz CT molecular complexity index is 777. The van der Waals surface area contributed by atoms with Crippen LogP contribution in [-0.2, 0) is 4.79 Å². The number of hydrogen-bond acceptors (Lipinski definition) is 3. The Morgan fingerprint density at radius 1 is 1.19 bits per heavy atom. The van der Waals surface area contributed by atoms with E-state index in [1.54, 1.807) is 23.2 Å². The second-order valence-electron chi connectivity index (χ2n) is 6.29. The molecule has 136 valence electrons. The maximum absolute atomic E-state index is 12.7. The number of carbonyl (C=O) groups excluding carboxylic acids is 1. The Hall–Kier alpha value is -2.60. The Balaban J connectivity index is 1.76. The van der Waals surface area contributed by atoms with Gasteiger partial charge in [0, 0.05) is 24.3 Å². The molecule has 2 amide bonds. The van der Waals surface area contributed by atoms with Crippen molar-refractivity contribution in [2.75, 3.05) is 13.1 Å². The summed E-state index contributed by atoms with van der Waals surface area (Å²) < 4.78 is 0. The van der Waals surface area contributed by atoms with Crippen LogP contribution in [0.15, 0.2) is 48.7 Å². The molecule has 0 saturated carbocycles. The average Bonchev–Trinajstić information content (AvgIpc) is 2.66. The summed E-state index contributed by atoms with van der Waals surface area (Å²) in [5.74, 6) is -1.17. The predicted octanol–water partition coefficient (Wildman–Crippen LogP) is 3.33. The van der Waals surface area contributed by atoms with Gasteiger partial charge in [-0.2, -0.15) is 0 Å². The van der Waals surface area contributed by atoms with E-state index in [1.165, 1.54) is 0 Å². The van der Waals surface area contributed by atoms with Crippen LogP contribution < -0.4 is 5.32 Å². The molecule has 26 heavy (non-hydrogen) atoms. The smallest absolute Gasteiger partial charge is 0.318 e. The lowest BCUT2D eigenvalue weighted by Gasteiger charge is -2.31. The fourth-order valence-corrected chi connectivity index (χ4v) is 3.30. The van der Waals surface area contributed by atoms with Gasteiger partial charge in [-0.05, 0) is 42.7 Å². The lowest BCUT2D eigenvalue weighted by Crippen LogP contribution is -2.46. The fourth-order valence-electron chi connectivity index (χ4n) is 3.11. The highest BCUT2D eigenvalue weighted by atomic mass is 35.5. The van der Waals surface area contributed by atoms with E-state index in [0.717, 1.165) is 5.56 Å². The highest BCUT2D eigenvalue weighted by Gasteiger charge is 2.28. The highest BCUT2D eigenvalue weighted by Crippen LogP contribution is 2.24. The largest absolute Gasteiger partial charge is 0.481 e. The van der Waals surface area contributed by atoms with Gasteiger partial charge < -0.3 is 15.3 Å². The standard InChI is InChI=1S/C19H20ClN3O3/c20-15-5-3-4-14(12-15)17(16-6-1-2-9-21-16)22-19(26)23-10-7-13(8-11-23)18(24)25/h1-6,9,12-13,17H,7-8,10-11H2,(H,22,26)(H,24,25). The van der Waals surface area contributed by atoms with Crippen LogP contribution >= 0.6 is 11.6 Å². The van der Waals surface area contributed by atoms with Crippen molar-refractivity contribution in [2.45, 2.75) is 18.9 Å². The van der Waals surface area contributed by atoms with Gasteiger partial charge in [-0.1, -0.05) is 29.8 Å². The molecule has 1 aliphatic heterocycles. The minimum atomic E-state index is -0.796. The molecule has 1 saturated heterocycles. The van der Waals surface area contributed by atoms with E-state index >= 15 is 0 Å². The van der Waals surface area contributed by atoms with Gasteiger partial charge in [-0.25, -0.2) is 4.79 Å². The molecule has 1 atom stereocenters. The molecule has 6 nitrogen and oxygen atoms in total. The van der Waals surface area contributed by atoms with E-state index in [0.29, 0.717) is 36.6 Å². The van der Waals surface area contributed by atoms with Gasteiger partial charge in [-0.15, -0.1) is 0 Å². The van der Waals surface area contributed by atoms with Gasteiger partial charge in [0.05, 0.1) is 17.7 Å². The first kappa shape index (κ1) is 18.2. The molecular formula is C19H20ClN3O3. The van der Waals surface area contributed by atoms with Crippen molar-refractivity contribution >= 4 is 23.6 Å². The van der Waals surface area contributed by atoms with E-state index in [4.69, 9.17) is 16.7 Å². The van der Waals surface area contributed by atoms with Crippen LogP contribution in [0.4, 0.5) is 4.79 Å². The molecule has 1 unspecified atom stereocenters. The topological polar surface area (TPSA) is 82.5 Å². The number of urea groups is 1. The number of halogens is 1. The molecule has 0 bridgehead atoms. The summed E-state index contributed by atoms with van der Waals surface area (Å²) >= 11 is 6.11. The van der Waals surface area contributed by atoms with Crippen molar-refractivity contribution in [3.05, 3.63) is 64.9 Å². The maximum Gasteiger partial charge on any atom is 0.318 e. The molecule has 2 N–H and O–H groups in total. The lowest BCUT2D eigenvalue weighted by molar-refractivity contribution is -0.143. The first-order chi connectivity index (χ1) is 12.5. The monoisotopic (exact) mass is 373 g/mol. The average molecular weight is 374 g/mol. The molecule has 1 fully saturated rings. The zero-order valence-electron chi connectivity index (χ0n) is 14.1. The number of piperidine rings is 1. The van der Waals surface area contributed by atoms with Crippen LogP contribution in [0.5, 0.6) is 0 Å². The fraction of sp³-hybridized carbons (Fsp3) is 0.316. The van der Waals surface area contributed by atoms with Gasteiger partial charge in [0.25, 0.3) is 0 Å². The summed E-state index contributed by atoms with van der Waals surface area (Å²) in [6.45, 7) is 0.848. The number of carboxylic acids is 1. The van der Waals surface area contributed by atoms with Gasteiger partial charge >= 0.3 is 12.0 Å². The zero-order chi connectivity index (χ0) is 18.5. The van der Waals surface area contributed by atoms with Crippen molar-refractivity contribution in [3.63, 3.8) is 0 Å². The van der Waals surface area contributed by atoms with Crippen LogP contribution in [-0.4, -0.2) is 40.1 Å². The molecule has 3 rings (SSSR count). The number of benzene rings is 1. The minimum Gasteiger partial charge on any atom is -0.481 e. The van der Waals surface area contributed by atoms with Gasteiger partial charge in [-0.3, -0.25) is 9.78 Å². The van der Waals surface area contributed by atoms with Crippen molar-refractivity contribution < 1.29 is 14.7 Å². The van der Waals surface area contributed by atoms with E-state index in [-0.39, 0.29) is 11.9 Å². The predicted molar refractivity (Wildman–Crippen MR) is 98.0 cm³/mol. The molecule has 2 aromatic rings. The number of aromatic nitrogens is 1. The quantitative estimate of drug-likeness (QED) is 0.861. The van der Waals surface area contributed by atoms with E-state index in [1.807, 2.05) is 30.3 Å². The summed E-state index contributed by atoms with van der Waals surface area (Å²) in [6.07, 6.45) is 2.61. The minimum absolute atomic E-state index is 0.232. The first-order valence-corrected chi connectivity index (χ1v) is 8.87. The number of nitrogens with one attached hydrogen (secondary N) is 1. The van der Waals surface area contributed by atoms with Crippen LogP contribution in [0.2, 0.25) is 5.02 Å². The second-order valence-corrected chi connectivity index (χ2v) is 6.73. The van der Waals surface area contributed by atoms with E-state index in [9.17, 15) is 9.59 Å². The van der Waals surface area contributed by atoms with Crippen molar-refractivity contribution in [3.8, 4) is 0 Å². The molecule has 0 spiro atoms. The summed E-state index contributed by atoms with van der Waals surface area (Å²) in [5.41, 5.74) is 1.55. The van der Waals surface area contributed by atoms with Gasteiger partial charge in [0.2, 0.25) is 0 Å². The molecule has 1 aromatic carbocycles. The Labute approximate surface area is 156 Å². The summed E-state index contributed by atoms with van der Waals surface area (Å²) in [4.78, 5) is 29.8. The Kier molecular flexibility index (Phi) is 5.73. The highest BCUT2D eigenvalue weighted by molar-refractivity contribution is 6.30. The zero-order valence-corrected chi connectivity index (χ0v) is 14.9. The third-order valence-corrected chi connectivity index (χ3v) is 4.80. The lowest BCUT2D eigenvalue weighted by atomic mass is 9.97. The number of carboxylic acid groups (broad SMARTS) is 1. The van der Waals surface area contributed by atoms with E-state index in [2.05, 4.69) is 10.3 Å². The van der Waals surface area contributed by atoms with Crippen LogP contribution in [0.3, 0.4) is 0 Å². The van der Waals surface area contributed by atoms with Crippen molar-refractivity contribution in [2.24, 2.45) is 5.92 Å². The number of likely N-dealkylation sites (tertiary alicyclic amines) is 1. The Morgan fingerprint density at radius 2 is 1.96 bits per heavy atom. The third-order valence-electron chi connectivity index (χ3n) is 4.56. The molecule has 1 aromatic heterocycles. The van der Waals surface area contributed by atoms with E-state index < -0.39 is 12.0 Å². The van der Waals surface area contributed by atoms with Crippen LogP contribution in [0.25, 0.3) is 0 Å². The summed E-state index contributed by atoms with van der Waals surface area (Å²) in [7, 11) is 0. The number of hydrogen-bond donors (Lipinski definition) is 2. The summed E-state index contributed by atoms with van der Waals surface area (Å²) in [5, 5.41) is 12.7. The number of nitrogens with zero attached hydrogens (tertiary/aromatic N) is 2. The summed E-state index contributed by atoms with van der Waals surface area (Å²) in [6, 6.07) is 12.2. The normalized spacial score (nSPS) is 16.1. The van der Waals surface area contributed by atoms with Crippen molar-refractivity contribution in [1.82, 2.24) is 15.2 Å². The molecule has 7 heteroatoms.